The highest BCUT2D eigenvalue weighted by Crippen LogP contribution is 2.31. The van der Waals surface area contributed by atoms with E-state index in [-0.39, 0.29) is 18.8 Å². The molecule has 0 aromatic heterocycles. The van der Waals surface area contributed by atoms with Crippen LogP contribution in [-0.4, -0.2) is 18.2 Å². The van der Waals surface area contributed by atoms with E-state index in [9.17, 15) is 9.18 Å². The van der Waals surface area contributed by atoms with Gasteiger partial charge in [-0.05, 0) is 35.4 Å². The van der Waals surface area contributed by atoms with Crippen molar-refractivity contribution in [1.29, 1.82) is 0 Å². The van der Waals surface area contributed by atoms with Crippen LogP contribution in [0.4, 0.5) is 4.39 Å². The molecule has 0 aliphatic carbocycles. The Labute approximate surface area is 133 Å². The Kier molecular flexibility index (Phi) is 5.54. The van der Waals surface area contributed by atoms with Crippen LogP contribution in [0.15, 0.2) is 42.5 Å². The Morgan fingerprint density at radius 2 is 1.91 bits per heavy atom. The molecule has 0 bridgehead atoms. The molecule has 0 radical (unpaired) electrons. The number of halogens is 1. The molecular formula is C17H18FNO4. The summed E-state index contributed by atoms with van der Waals surface area (Å²) in [7, 11) is 1.49. The van der Waals surface area contributed by atoms with Gasteiger partial charge in [-0.2, -0.15) is 0 Å². The molecule has 0 aliphatic heterocycles. The number of hydrogen-bond donors (Lipinski definition) is 2. The lowest BCUT2D eigenvalue weighted by Gasteiger charge is -2.15. The number of carbonyl (C=O) groups is 1. The van der Waals surface area contributed by atoms with Crippen LogP contribution in [0.25, 0.3) is 0 Å². The number of hydrogen-bond acceptors (Lipinski definition) is 4. The molecule has 0 spiro atoms. The molecule has 2 aromatic rings. The molecule has 0 amide bonds. The van der Waals surface area contributed by atoms with E-state index in [0.717, 1.165) is 5.56 Å². The van der Waals surface area contributed by atoms with Crippen LogP contribution in [-0.2, 0) is 11.4 Å². The monoisotopic (exact) mass is 319 g/mol. The second-order valence-corrected chi connectivity index (χ2v) is 5.03. The van der Waals surface area contributed by atoms with Crippen molar-refractivity contribution < 1.29 is 23.8 Å². The predicted molar refractivity (Wildman–Crippen MR) is 82.9 cm³/mol. The molecule has 23 heavy (non-hydrogen) atoms. The lowest BCUT2D eigenvalue weighted by Crippen LogP contribution is -2.15. The minimum absolute atomic E-state index is 0.168. The van der Waals surface area contributed by atoms with Crippen LogP contribution in [0.5, 0.6) is 11.5 Å². The molecule has 6 heteroatoms. The third kappa shape index (κ3) is 4.69. The molecule has 0 fully saturated rings. The highest BCUT2D eigenvalue weighted by atomic mass is 19.1. The Morgan fingerprint density at radius 1 is 1.22 bits per heavy atom. The highest BCUT2D eigenvalue weighted by Gasteiger charge is 2.14. The minimum Gasteiger partial charge on any atom is -0.493 e. The van der Waals surface area contributed by atoms with E-state index in [1.165, 1.54) is 19.2 Å². The summed E-state index contributed by atoms with van der Waals surface area (Å²) >= 11 is 0. The van der Waals surface area contributed by atoms with Gasteiger partial charge in [-0.15, -0.1) is 0 Å². The predicted octanol–water partition coefficient (Wildman–Crippen LogP) is 2.89. The zero-order chi connectivity index (χ0) is 16.8. The fourth-order valence-electron chi connectivity index (χ4n) is 2.08. The highest BCUT2D eigenvalue weighted by molar-refractivity contribution is 5.68. The summed E-state index contributed by atoms with van der Waals surface area (Å²) in [5, 5.41) is 8.79. The number of methoxy groups -OCH3 is 1. The van der Waals surface area contributed by atoms with Gasteiger partial charge in [0.05, 0.1) is 13.5 Å². The zero-order valence-electron chi connectivity index (χ0n) is 12.7. The van der Waals surface area contributed by atoms with Crippen molar-refractivity contribution in [3.63, 3.8) is 0 Å². The van der Waals surface area contributed by atoms with E-state index in [4.69, 9.17) is 20.3 Å². The third-order valence-corrected chi connectivity index (χ3v) is 3.32. The molecule has 122 valence electrons. The van der Waals surface area contributed by atoms with Gasteiger partial charge in [-0.25, -0.2) is 4.39 Å². The first-order valence-electron chi connectivity index (χ1n) is 7.02. The molecule has 0 saturated carbocycles. The Hall–Kier alpha value is -2.60. The number of aliphatic carboxylic acids is 1. The summed E-state index contributed by atoms with van der Waals surface area (Å²) < 4.78 is 23.8. The molecule has 0 aliphatic rings. The minimum atomic E-state index is -0.965. The molecule has 2 aromatic carbocycles. The van der Waals surface area contributed by atoms with Crippen molar-refractivity contribution >= 4 is 5.97 Å². The fourth-order valence-corrected chi connectivity index (χ4v) is 2.08. The van der Waals surface area contributed by atoms with Gasteiger partial charge in [-0.1, -0.05) is 18.2 Å². The van der Waals surface area contributed by atoms with Gasteiger partial charge in [-0.3, -0.25) is 4.79 Å². The summed E-state index contributed by atoms with van der Waals surface area (Å²) in [4.78, 5) is 10.7. The molecule has 0 saturated heterocycles. The normalized spacial score (nSPS) is 11.8. The molecule has 0 heterocycles. The first-order valence-corrected chi connectivity index (χ1v) is 7.02. The van der Waals surface area contributed by atoms with Gasteiger partial charge in [0.2, 0.25) is 0 Å². The fraction of sp³-hybridized carbons (Fsp3) is 0.235. The van der Waals surface area contributed by atoms with Gasteiger partial charge in [0.15, 0.2) is 11.5 Å². The zero-order valence-corrected chi connectivity index (χ0v) is 12.7. The Bertz CT molecular complexity index is 673. The molecule has 3 N–H and O–H groups in total. The summed E-state index contributed by atoms with van der Waals surface area (Å²) in [6, 6.07) is 10.4. The second-order valence-electron chi connectivity index (χ2n) is 5.03. The number of rotatable bonds is 7. The van der Waals surface area contributed by atoms with E-state index in [1.54, 1.807) is 30.3 Å². The molecule has 5 nitrogen and oxygen atoms in total. The van der Waals surface area contributed by atoms with Crippen LogP contribution >= 0.6 is 0 Å². The van der Waals surface area contributed by atoms with E-state index in [2.05, 4.69) is 0 Å². The number of nitrogens with two attached hydrogens (primary N) is 1. The smallest absolute Gasteiger partial charge is 0.305 e. The number of carboxylic acids is 1. The molecule has 2 rings (SSSR count). The summed E-state index contributed by atoms with van der Waals surface area (Å²) in [5.74, 6) is -0.301. The summed E-state index contributed by atoms with van der Waals surface area (Å²) in [5.41, 5.74) is 7.31. The average molecular weight is 319 g/mol. The Balaban J connectivity index is 2.09. The van der Waals surface area contributed by atoms with Crippen molar-refractivity contribution in [3.8, 4) is 11.5 Å². The van der Waals surface area contributed by atoms with Crippen LogP contribution in [0.3, 0.4) is 0 Å². The van der Waals surface area contributed by atoms with Crippen molar-refractivity contribution in [2.45, 2.75) is 19.1 Å². The lowest BCUT2D eigenvalue weighted by atomic mass is 10.0. The molecule has 0 unspecified atom stereocenters. The van der Waals surface area contributed by atoms with E-state index in [1.807, 2.05) is 0 Å². The lowest BCUT2D eigenvalue weighted by molar-refractivity contribution is -0.137. The molecule has 1 atom stereocenters. The van der Waals surface area contributed by atoms with Crippen LogP contribution in [0.2, 0.25) is 0 Å². The first-order chi connectivity index (χ1) is 11.0. The van der Waals surface area contributed by atoms with Crippen molar-refractivity contribution in [2.75, 3.05) is 7.11 Å². The SMILES string of the molecule is COc1cc([C@@H](N)CC(=O)O)ccc1OCc1ccc(F)cc1. The van der Waals surface area contributed by atoms with Crippen LogP contribution in [0.1, 0.15) is 23.6 Å². The van der Waals surface area contributed by atoms with Crippen LogP contribution < -0.4 is 15.2 Å². The average Bonchev–Trinajstić information content (AvgIpc) is 2.53. The quantitative estimate of drug-likeness (QED) is 0.820. The second kappa shape index (κ2) is 7.60. The van der Waals surface area contributed by atoms with Gasteiger partial charge >= 0.3 is 5.97 Å². The van der Waals surface area contributed by atoms with Gasteiger partial charge in [0.25, 0.3) is 0 Å². The van der Waals surface area contributed by atoms with Gasteiger partial charge < -0.3 is 20.3 Å². The number of carboxylic acid groups (broad SMARTS) is 1. The third-order valence-electron chi connectivity index (χ3n) is 3.32. The standard InChI is InChI=1S/C17H18FNO4/c1-22-16-8-12(14(19)9-17(20)21)4-7-15(16)23-10-11-2-5-13(18)6-3-11/h2-8,14H,9-10,19H2,1H3,(H,20,21)/t14-/m0/s1. The summed E-state index contributed by atoms with van der Waals surface area (Å²) in [6.45, 7) is 0.261. The maximum Gasteiger partial charge on any atom is 0.305 e. The van der Waals surface area contributed by atoms with Crippen molar-refractivity contribution in [1.82, 2.24) is 0 Å². The first kappa shape index (κ1) is 16.8. The largest absolute Gasteiger partial charge is 0.493 e. The van der Waals surface area contributed by atoms with E-state index in [0.29, 0.717) is 17.1 Å². The van der Waals surface area contributed by atoms with Crippen molar-refractivity contribution in [2.24, 2.45) is 5.73 Å². The maximum absolute atomic E-state index is 12.9. The Morgan fingerprint density at radius 3 is 2.52 bits per heavy atom. The van der Waals surface area contributed by atoms with E-state index < -0.39 is 12.0 Å². The van der Waals surface area contributed by atoms with E-state index >= 15 is 0 Å². The summed E-state index contributed by atoms with van der Waals surface area (Å²) in [6.07, 6.45) is -0.168. The van der Waals surface area contributed by atoms with Gasteiger partial charge in [0.1, 0.15) is 12.4 Å². The maximum atomic E-state index is 12.9. The number of ether oxygens (including phenoxy) is 2. The van der Waals surface area contributed by atoms with Crippen molar-refractivity contribution in [3.05, 3.63) is 59.4 Å². The van der Waals surface area contributed by atoms with Gasteiger partial charge in [0, 0.05) is 6.04 Å². The topological polar surface area (TPSA) is 81.8 Å². The van der Waals surface area contributed by atoms with Crippen LogP contribution in [0, 0.1) is 5.82 Å². The molecular weight excluding hydrogens is 301 g/mol. The number of benzene rings is 2.